The minimum Gasteiger partial charge on any atom is -0.274 e. The van der Waals surface area contributed by atoms with E-state index in [0.717, 1.165) is 21.6 Å². The first kappa shape index (κ1) is 9.71. The third-order valence-electron chi connectivity index (χ3n) is 2.01. The van der Waals surface area contributed by atoms with Gasteiger partial charge in [-0.15, -0.1) is 10.6 Å². The van der Waals surface area contributed by atoms with Crippen molar-refractivity contribution in [1.82, 2.24) is 25.9 Å². The molecule has 6 nitrogen and oxygen atoms in total. The Hall–Kier alpha value is -0.830. The highest BCUT2D eigenvalue weighted by atomic mass is 127. The van der Waals surface area contributed by atoms with Crippen LogP contribution >= 0.6 is 22.6 Å². The van der Waals surface area contributed by atoms with E-state index in [1.54, 1.807) is 0 Å². The molecule has 0 spiro atoms. The van der Waals surface area contributed by atoms with Crippen LogP contribution in [0.3, 0.4) is 0 Å². The molecule has 0 fully saturated rings. The number of nitrogens with zero attached hydrogens (tertiary/aromatic N) is 4. The summed E-state index contributed by atoms with van der Waals surface area (Å²) in [7, 11) is 1.90. The zero-order valence-corrected chi connectivity index (χ0v) is 10.1. The van der Waals surface area contributed by atoms with Crippen molar-refractivity contribution in [3.63, 3.8) is 0 Å². The van der Waals surface area contributed by atoms with E-state index in [1.807, 2.05) is 22.9 Å². The summed E-state index contributed by atoms with van der Waals surface area (Å²) in [5.74, 6) is 0.856. The smallest absolute Gasteiger partial charge is 0.177 e. The molecule has 1 aliphatic rings. The topological polar surface area (TPSA) is 57.5 Å². The van der Waals surface area contributed by atoms with E-state index in [4.69, 9.17) is 0 Å². The van der Waals surface area contributed by atoms with Gasteiger partial charge in [-0.05, 0) is 29.5 Å². The average Bonchev–Trinajstić information content (AvgIpc) is 2.72. The van der Waals surface area contributed by atoms with Gasteiger partial charge in [-0.25, -0.2) is 5.53 Å². The molecule has 0 unspecified atom stereocenters. The minimum atomic E-state index is 0.856. The number of nitrogens with one attached hydrogen (secondary N) is 2. The number of amidine groups is 1. The number of hydrazone groups is 1. The molecule has 0 amide bonds. The zero-order chi connectivity index (χ0) is 10.1. The second-order valence-corrected chi connectivity index (χ2v) is 3.90. The van der Waals surface area contributed by atoms with E-state index < -0.39 is 0 Å². The number of hydrazine groups is 2. The molecule has 1 aromatic heterocycles. The molecule has 2 heterocycles. The monoisotopic (exact) mass is 306 g/mol. The van der Waals surface area contributed by atoms with E-state index in [-0.39, 0.29) is 0 Å². The highest BCUT2D eigenvalue weighted by Crippen LogP contribution is 2.14. The van der Waals surface area contributed by atoms with E-state index in [2.05, 4.69) is 50.8 Å². The number of halogens is 1. The molecule has 1 aliphatic heterocycles. The zero-order valence-electron chi connectivity index (χ0n) is 7.95. The predicted molar refractivity (Wildman–Crippen MR) is 61.2 cm³/mol. The van der Waals surface area contributed by atoms with Crippen molar-refractivity contribution in [2.75, 3.05) is 7.05 Å². The van der Waals surface area contributed by atoms with Gasteiger partial charge in [0, 0.05) is 13.6 Å². The first-order chi connectivity index (χ1) is 6.74. The van der Waals surface area contributed by atoms with Gasteiger partial charge in [0.1, 0.15) is 3.70 Å². The van der Waals surface area contributed by atoms with Crippen LogP contribution in [0.5, 0.6) is 0 Å². The Balaban J connectivity index is 2.37. The van der Waals surface area contributed by atoms with Crippen LogP contribution in [-0.4, -0.2) is 27.7 Å². The predicted octanol–water partition coefficient (Wildman–Crippen LogP) is 0.124. The normalized spacial score (nSPS) is 15.6. The maximum atomic E-state index is 4.26. The van der Waals surface area contributed by atoms with Crippen molar-refractivity contribution in [1.29, 1.82) is 0 Å². The van der Waals surface area contributed by atoms with Gasteiger partial charge in [-0.3, -0.25) is 9.69 Å². The summed E-state index contributed by atoms with van der Waals surface area (Å²) in [5.41, 5.74) is 6.60. The van der Waals surface area contributed by atoms with Gasteiger partial charge < -0.3 is 0 Å². The molecule has 0 atom stereocenters. The van der Waals surface area contributed by atoms with Gasteiger partial charge in [0.05, 0.1) is 11.8 Å². The molecule has 0 aliphatic carbocycles. The lowest BCUT2D eigenvalue weighted by Gasteiger charge is -2.10. The van der Waals surface area contributed by atoms with Gasteiger partial charge in [0.25, 0.3) is 0 Å². The SMILES string of the molecule is CCn1ncc(C2=NNNN2C)c1I. The third kappa shape index (κ3) is 1.46. The largest absolute Gasteiger partial charge is 0.274 e. The Bertz CT molecular complexity index is 370. The van der Waals surface area contributed by atoms with Crippen molar-refractivity contribution in [2.45, 2.75) is 13.5 Å². The summed E-state index contributed by atoms with van der Waals surface area (Å²) in [6.07, 6.45) is 1.83. The second kappa shape index (κ2) is 3.73. The molecule has 0 saturated heterocycles. The van der Waals surface area contributed by atoms with Crippen LogP contribution in [0, 0.1) is 3.70 Å². The van der Waals surface area contributed by atoms with Gasteiger partial charge >= 0.3 is 0 Å². The van der Waals surface area contributed by atoms with Crippen LogP contribution in [0.1, 0.15) is 12.5 Å². The van der Waals surface area contributed by atoms with Crippen LogP contribution < -0.4 is 11.1 Å². The molecule has 14 heavy (non-hydrogen) atoms. The van der Waals surface area contributed by atoms with Gasteiger partial charge in [0.15, 0.2) is 5.84 Å². The molecular weight excluding hydrogens is 295 g/mol. The maximum absolute atomic E-state index is 4.26. The Morgan fingerprint density at radius 2 is 2.36 bits per heavy atom. The van der Waals surface area contributed by atoms with E-state index in [1.165, 1.54) is 0 Å². The summed E-state index contributed by atoms with van der Waals surface area (Å²) in [5, 5.41) is 10.2. The van der Waals surface area contributed by atoms with E-state index >= 15 is 0 Å². The molecular formula is C7H11IN6. The first-order valence-electron chi connectivity index (χ1n) is 4.27. The Labute approximate surface area is 95.4 Å². The first-order valence-corrected chi connectivity index (χ1v) is 5.35. The number of aromatic nitrogens is 2. The summed E-state index contributed by atoms with van der Waals surface area (Å²) < 4.78 is 3.03. The number of aryl methyl sites for hydroxylation is 1. The van der Waals surface area contributed by atoms with Gasteiger partial charge in [0.2, 0.25) is 0 Å². The summed E-state index contributed by atoms with van der Waals surface area (Å²) in [6.45, 7) is 2.94. The van der Waals surface area contributed by atoms with Gasteiger partial charge in [-0.2, -0.15) is 5.10 Å². The van der Waals surface area contributed by atoms with Crippen molar-refractivity contribution in [3.05, 3.63) is 15.5 Å². The average molecular weight is 306 g/mol. The fourth-order valence-electron chi connectivity index (χ4n) is 1.26. The highest BCUT2D eigenvalue weighted by Gasteiger charge is 2.19. The Morgan fingerprint density at radius 3 is 2.86 bits per heavy atom. The summed E-state index contributed by atoms with van der Waals surface area (Å²) in [6, 6.07) is 0. The van der Waals surface area contributed by atoms with Crippen molar-refractivity contribution < 1.29 is 0 Å². The molecule has 7 heteroatoms. The van der Waals surface area contributed by atoms with Crippen molar-refractivity contribution in [2.24, 2.45) is 5.10 Å². The highest BCUT2D eigenvalue weighted by molar-refractivity contribution is 14.1. The lowest BCUT2D eigenvalue weighted by molar-refractivity contribution is 0.349. The summed E-state index contributed by atoms with van der Waals surface area (Å²) in [4.78, 5) is 0. The molecule has 0 saturated carbocycles. The van der Waals surface area contributed by atoms with Crippen LogP contribution in [0.25, 0.3) is 0 Å². The third-order valence-corrected chi connectivity index (χ3v) is 3.15. The van der Waals surface area contributed by atoms with Crippen LogP contribution in [-0.2, 0) is 6.54 Å². The van der Waals surface area contributed by atoms with Crippen molar-refractivity contribution in [3.8, 4) is 0 Å². The number of rotatable bonds is 2. The number of hydrogen-bond donors (Lipinski definition) is 2. The standard InChI is InChI=1S/C7H11IN6/c1-3-14-6(8)5(4-9-14)7-10-11-12-13(7)2/h4,11-12H,3H2,1-2H3. The molecule has 0 bridgehead atoms. The van der Waals surface area contributed by atoms with Crippen LogP contribution in [0.4, 0.5) is 0 Å². The fraction of sp³-hybridized carbons (Fsp3) is 0.429. The quantitative estimate of drug-likeness (QED) is 0.762. The molecule has 2 N–H and O–H groups in total. The molecule has 76 valence electrons. The minimum absolute atomic E-state index is 0.856. The molecule has 1 aromatic rings. The lowest BCUT2D eigenvalue weighted by atomic mass is 10.3. The second-order valence-electron chi connectivity index (χ2n) is 2.88. The maximum Gasteiger partial charge on any atom is 0.177 e. The van der Waals surface area contributed by atoms with E-state index in [9.17, 15) is 0 Å². The summed E-state index contributed by atoms with van der Waals surface area (Å²) >= 11 is 2.27. The van der Waals surface area contributed by atoms with E-state index in [0.29, 0.717) is 0 Å². The molecule has 2 rings (SSSR count). The Morgan fingerprint density at radius 1 is 1.57 bits per heavy atom. The fourth-order valence-corrected chi connectivity index (χ4v) is 2.11. The van der Waals surface area contributed by atoms with Crippen molar-refractivity contribution >= 4 is 28.4 Å². The molecule has 0 aromatic carbocycles. The Kier molecular flexibility index (Phi) is 2.59. The number of hydrogen-bond acceptors (Lipinski definition) is 5. The molecule has 0 radical (unpaired) electrons. The van der Waals surface area contributed by atoms with Crippen LogP contribution in [0.15, 0.2) is 11.3 Å². The van der Waals surface area contributed by atoms with Gasteiger partial charge in [-0.1, -0.05) is 0 Å². The van der Waals surface area contributed by atoms with Crippen LogP contribution in [0.2, 0.25) is 0 Å². The lowest BCUT2D eigenvalue weighted by Crippen LogP contribution is -2.37.